The summed E-state index contributed by atoms with van der Waals surface area (Å²) in [7, 11) is 0. The van der Waals surface area contributed by atoms with E-state index in [2.05, 4.69) is 76.7 Å². The maximum Gasteiger partial charge on any atom is 0.323 e. The maximum absolute atomic E-state index is 12.1. The van der Waals surface area contributed by atoms with Gasteiger partial charge in [0.15, 0.2) is 0 Å². The molecule has 0 aliphatic rings. The number of rotatable bonds is 29. The van der Waals surface area contributed by atoms with Crippen LogP contribution in [0, 0.1) is 30.6 Å². The molecule has 0 fully saturated rings. The second-order valence-corrected chi connectivity index (χ2v) is 18.8. The molecule has 4 aromatic rings. The summed E-state index contributed by atoms with van der Waals surface area (Å²) in [4.78, 5) is 40.7. The first-order valence-corrected chi connectivity index (χ1v) is 27.4. The lowest BCUT2D eigenvalue weighted by molar-refractivity contribution is -0.929. The first-order valence-electron chi connectivity index (χ1n) is 27.4. The van der Waals surface area contributed by atoms with Gasteiger partial charge in [-0.1, -0.05) is 167 Å². The summed E-state index contributed by atoms with van der Waals surface area (Å²) < 4.78 is 2.84. The predicted octanol–water partition coefficient (Wildman–Crippen LogP) is 16.2. The number of unbranched alkanes of at least 4 members (excludes halogenated alkanes) is 8. The first kappa shape index (κ1) is 67.7. The fourth-order valence-corrected chi connectivity index (χ4v) is 8.41. The zero-order valence-electron chi connectivity index (χ0n) is 46.4. The van der Waals surface area contributed by atoms with E-state index in [-0.39, 0.29) is 12.1 Å². The molecule has 16 heteroatoms. The summed E-state index contributed by atoms with van der Waals surface area (Å²) in [6, 6.07) is 33.1. The summed E-state index contributed by atoms with van der Waals surface area (Å²) in [5.41, 5.74) is 4.84. The molecule has 4 amide bonds. The Balaban J connectivity index is 0.00000108. The largest absolute Gasteiger partial charge is 0.356 e. The maximum atomic E-state index is 12.1. The molecular weight excluding hydrogens is 937 g/mol. The molecule has 0 bridgehead atoms. The van der Waals surface area contributed by atoms with Gasteiger partial charge >= 0.3 is 12.1 Å². The van der Waals surface area contributed by atoms with E-state index in [4.69, 9.17) is 30.6 Å². The molecule has 0 radical (unpaired) electrons. The molecule has 0 spiro atoms. The van der Waals surface area contributed by atoms with Crippen molar-refractivity contribution in [3.05, 3.63) is 140 Å². The molecule has 0 aliphatic carbocycles. The Bertz CT molecular complexity index is 1780. The second-order valence-electron chi connectivity index (χ2n) is 18.8. The van der Waals surface area contributed by atoms with Crippen LogP contribution in [0.25, 0.3) is 11.1 Å². The van der Waals surface area contributed by atoms with Crippen molar-refractivity contribution in [3.8, 4) is 11.1 Å². The van der Waals surface area contributed by atoms with Crippen LogP contribution >= 0.6 is 0 Å². The van der Waals surface area contributed by atoms with E-state index in [0.717, 1.165) is 22.5 Å². The molecule has 4 aromatic carbocycles. The smallest absolute Gasteiger partial charge is 0.323 e. The van der Waals surface area contributed by atoms with Gasteiger partial charge in [0.2, 0.25) is 0 Å². The molecule has 0 atom stereocenters. The number of nitrogens with one attached hydrogen (secondary N) is 4. The number of urea groups is 2. The van der Waals surface area contributed by atoms with Gasteiger partial charge in [-0.3, -0.25) is 0 Å². The third kappa shape index (κ3) is 34.2. The molecule has 0 saturated heterocycles. The van der Waals surface area contributed by atoms with Crippen LogP contribution in [-0.4, -0.2) is 83.6 Å². The van der Waals surface area contributed by atoms with E-state index in [1.54, 1.807) is 0 Å². The number of para-hydroxylation sites is 2. The molecule has 16 nitrogen and oxygen atoms in total. The van der Waals surface area contributed by atoms with Crippen LogP contribution in [0.3, 0.4) is 0 Å². The van der Waals surface area contributed by atoms with E-state index in [1.807, 2.05) is 109 Å². The monoisotopic (exact) mass is 1030 g/mol. The molecule has 74 heavy (non-hydrogen) atoms. The quantitative estimate of drug-likeness (QED) is 0.0233. The van der Waals surface area contributed by atoms with Gasteiger partial charge in [-0.15, -0.1) is 0 Å². The predicted molar refractivity (Wildman–Crippen MR) is 309 cm³/mol. The Morgan fingerprint density at radius 3 is 0.689 bits per heavy atom. The van der Waals surface area contributed by atoms with E-state index >= 15 is 0 Å². The number of hydrogen-bond acceptors (Lipinski definition) is 8. The van der Waals surface area contributed by atoms with Crippen LogP contribution in [0.5, 0.6) is 0 Å². The average molecular weight is 1030 g/mol. The van der Waals surface area contributed by atoms with Crippen LogP contribution in [0.4, 0.5) is 32.3 Å². The van der Waals surface area contributed by atoms with Gasteiger partial charge < -0.3 is 60.9 Å². The minimum Gasteiger partial charge on any atom is -0.356 e. The van der Waals surface area contributed by atoms with Gasteiger partial charge in [-0.05, 0) is 111 Å². The third-order valence-electron chi connectivity index (χ3n) is 12.6. The number of amides is 4. The van der Waals surface area contributed by atoms with Gasteiger partial charge in [0.1, 0.15) is 0 Å². The molecule has 4 N–H and O–H groups in total. The highest BCUT2D eigenvalue weighted by molar-refractivity contribution is 6.00. The molecule has 0 aliphatic heterocycles. The van der Waals surface area contributed by atoms with Gasteiger partial charge in [-0.2, -0.15) is 0 Å². The highest BCUT2D eigenvalue weighted by Crippen LogP contribution is 2.24. The Morgan fingerprint density at radius 2 is 0.514 bits per heavy atom. The Hall–Kier alpha value is -6.26. The van der Waals surface area contributed by atoms with Crippen LogP contribution in [0.1, 0.15) is 158 Å². The van der Waals surface area contributed by atoms with Crippen molar-refractivity contribution >= 4 is 34.8 Å². The summed E-state index contributed by atoms with van der Waals surface area (Å²) in [5.74, 6) is 0. The van der Waals surface area contributed by atoms with Crippen molar-refractivity contribution in [2.45, 2.75) is 158 Å². The summed E-state index contributed by atoms with van der Waals surface area (Å²) >= 11 is 0. The molecular formula is C58H94N8O8. The number of carbonyl (C=O) groups excluding carboxylic acids is 2. The van der Waals surface area contributed by atoms with Gasteiger partial charge in [0.25, 0.3) is 0 Å². The van der Waals surface area contributed by atoms with E-state index in [9.17, 15) is 9.59 Å². The second kappa shape index (κ2) is 43.2. The normalized spacial score (nSPS) is 10.5. The fraction of sp³-hybridized carbons (Fsp3) is 0.552. The van der Waals surface area contributed by atoms with Crippen LogP contribution in [-0.2, 0) is 0 Å². The standard InChI is InChI=1S/C26H22N4O2.2C16H36N.2NO3/c31-25(27-21-7-3-1-4-8-21)29-23-15-11-19(12-16-23)20-13-17-24(18-14-20)30-26(32)28-22-9-5-2-6-10-22;2*1-5-9-13-17(14-10-6-2,15-11-7-3)16-12-8-4;2*2-1(3)4/h1-18H,(H2,27,29,31)(H2,28,30,32);2*5-16H2,1-4H3;;/q;2*+1;2*-1. The highest BCUT2D eigenvalue weighted by atomic mass is 16.9. The SMILES string of the molecule is CCCC[N+](CCCC)(CCCC)CCCC.CCCC[N+](CCCC)(CCCC)CCCC.O=C(Nc1ccccc1)Nc1ccc(-c2ccc(NC(=O)Nc3ccccc3)cc2)cc1.O=[N+]([O-])[O-].O=[N+]([O-])[O-]. The third-order valence-corrected chi connectivity index (χ3v) is 12.6. The number of anilines is 4. The van der Waals surface area contributed by atoms with Crippen LogP contribution in [0.2, 0.25) is 0 Å². The van der Waals surface area contributed by atoms with E-state index in [1.165, 1.54) is 164 Å². The average Bonchev–Trinajstić information content (AvgIpc) is 3.39. The van der Waals surface area contributed by atoms with E-state index < -0.39 is 10.2 Å². The summed E-state index contributed by atoms with van der Waals surface area (Å²) in [6.45, 7) is 30.0. The number of hydrogen-bond donors (Lipinski definition) is 4. The summed E-state index contributed by atoms with van der Waals surface area (Å²) in [5, 5.41) is 40.7. The minimum absolute atomic E-state index is 0.298. The van der Waals surface area contributed by atoms with Gasteiger partial charge in [0.05, 0.1) is 62.5 Å². The van der Waals surface area contributed by atoms with Crippen molar-refractivity contribution in [2.75, 3.05) is 73.6 Å². The molecule has 0 aromatic heterocycles. The zero-order valence-corrected chi connectivity index (χ0v) is 46.4. The molecule has 414 valence electrons. The van der Waals surface area contributed by atoms with Gasteiger partial charge in [-0.25, -0.2) is 9.59 Å². The first-order chi connectivity index (χ1) is 35.6. The summed E-state index contributed by atoms with van der Waals surface area (Å²) in [6.07, 6.45) is 22.1. The highest BCUT2D eigenvalue weighted by Gasteiger charge is 2.26. The van der Waals surface area contributed by atoms with E-state index in [0.29, 0.717) is 11.4 Å². The number of quaternary nitrogens is 2. The number of carbonyl (C=O) groups is 2. The Kier molecular flexibility index (Phi) is 39.5. The number of benzene rings is 4. The Labute approximate surface area is 444 Å². The fourth-order valence-electron chi connectivity index (χ4n) is 8.41. The van der Waals surface area contributed by atoms with Crippen molar-refractivity contribution in [1.82, 2.24) is 0 Å². The molecule has 0 heterocycles. The molecule has 4 rings (SSSR count). The minimum atomic E-state index is -1.75. The Morgan fingerprint density at radius 1 is 0.338 bits per heavy atom. The lowest BCUT2D eigenvalue weighted by Gasteiger charge is -2.39. The zero-order chi connectivity index (χ0) is 55.3. The van der Waals surface area contributed by atoms with Crippen molar-refractivity contribution in [1.29, 1.82) is 0 Å². The van der Waals surface area contributed by atoms with Crippen LogP contribution < -0.4 is 21.3 Å². The molecule has 0 saturated carbocycles. The lowest BCUT2D eigenvalue weighted by Crippen LogP contribution is -2.50. The van der Waals surface area contributed by atoms with Gasteiger partial charge in [0, 0.05) is 22.7 Å². The lowest BCUT2D eigenvalue weighted by atomic mass is 10.1. The van der Waals surface area contributed by atoms with Crippen molar-refractivity contribution < 1.29 is 28.7 Å². The van der Waals surface area contributed by atoms with Crippen molar-refractivity contribution in [3.63, 3.8) is 0 Å². The molecule has 0 unspecified atom stereocenters. The number of nitrogens with zero attached hydrogens (tertiary/aromatic N) is 4. The topological polar surface area (TPSA) is 215 Å². The van der Waals surface area contributed by atoms with Crippen molar-refractivity contribution in [2.24, 2.45) is 0 Å². The van der Waals surface area contributed by atoms with Crippen LogP contribution in [0.15, 0.2) is 109 Å².